The third-order valence-corrected chi connectivity index (χ3v) is 23.4. The SMILES string of the molecule is CC1(C)c2ccccc2-c2ccc(Nc3ccccn3)cc21.COc1ccc(Nc2ccc(C(C)(C)C)cc2)cc1.COc1ccc(Nc2ccc(OC)cc2)cc1.c1ccc(C2(c3ccccc3)c3ccccc3-c3ccc(Nc4ccccn4)cc32)cc1.c1ccc(Nc2ccc3c(c2)C2(c4ccccc4-c4ccccc42)c2ccccc2-3)nc1. The summed E-state index contributed by atoms with van der Waals surface area (Å²) in [6.07, 6.45) is 5.43. The number of pyridine rings is 3. The van der Waals surface area contributed by atoms with Gasteiger partial charge in [-0.3, -0.25) is 0 Å². The van der Waals surface area contributed by atoms with Gasteiger partial charge in [0.05, 0.1) is 32.2 Å². The van der Waals surface area contributed by atoms with E-state index in [0.717, 1.165) is 74.5 Å². The van der Waals surface area contributed by atoms with E-state index in [-0.39, 0.29) is 21.7 Å². The van der Waals surface area contributed by atoms with Crippen LogP contribution in [0.5, 0.6) is 17.2 Å². The predicted octanol–water partition coefficient (Wildman–Crippen LogP) is 27.7. The average molecular weight is 1590 g/mol. The van der Waals surface area contributed by atoms with Crippen LogP contribution < -0.4 is 40.8 Å². The van der Waals surface area contributed by atoms with Crippen LogP contribution in [0, 0.1) is 0 Å². The summed E-state index contributed by atoms with van der Waals surface area (Å²) in [6, 6.07) is 136. The molecule has 1 spiro atoms. The van der Waals surface area contributed by atoms with Gasteiger partial charge in [-0.25, -0.2) is 15.0 Å². The number of hydrogen-bond acceptors (Lipinski definition) is 11. The summed E-state index contributed by atoms with van der Waals surface area (Å²) in [5, 5.41) is 17.1. The minimum atomic E-state index is -0.379. The molecule has 4 aliphatic carbocycles. The third-order valence-electron chi connectivity index (χ3n) is 23.4. The van der Waals surface area contributed by atoms with E-state index in [4.69, 9.17) is 14.2 Å². The largest absolute Gasteiger partial charge is 0.497 e. The Morgan fingerprint density at radius 3 is 0.820 bits per heavy atom. The predicted molar refractivity (Wildman–Crippen MR) is 504 cm³/mol. The summed E-state index contributed by atoms with van der Waals surface area (Å²) in [6.45, 7) is 11.3. The van der Waals surface area contributed by atoms with Crippen LogP contribution in [0.3, 0.4) is 0 Å². The molecule has 122 heavy (non-hydrogen) atoms. The Morgan fingerprint density at radius 1 is 0.230 bits per heavy atom. The lowest BCUT2D eigenvalue weighted by atomic mass is 9.67. The van der Waals surface area contributed by atoms with Crippen molar-refractivity contribution in [2.24, 2.45) is 0 Å². The molecule has 3 aromatic heterocycles. The number of ether oxygens (including phenoxy) is 3. The van der Waals surface area contributed by atoms with Gasteiger partial charge in [0.2, 0.25) is 0 Å². The lowest BCUT2D eigenvalue weighted by Crippen LogP contribution is -2.28. The number of nitrogens with one attached hydrogen (secondary N) is 5. The molecule has 11 heteroatoms. The number of aromatic nitrogens is 3. The molecular formula is C111H96N8O3. The zero-order valence-electron chi connectivity index (χ0n) is 69.7. The van der Waals surface area contributed by atoms with E-state index in [1.165, 1.54) is 106 Å². The third kappa shape index (κ3) is 15.9. The first-order chi connectivity index (χ1) is 59.7. The van der Waals surface area contributed by atoms with Gasteiger partial charge >= 0.3 is 0 Å². The second-order valence-electron chi connectivity index (χ2n) is 32.1. The minimum Gasteiger partial charge on any atom is -0.497 e. The van der Waals surface area contributed by atoms with Crippen LogP contribution in [0.25, 0.3) is 44.5 Å². The Balaban J connectivity index is 0.000000111. The molecule has 4 aliphatic rings. The maximum absolute atomic E-state index is 5.14. The highest BCUT2D eigenvalue weighted by atomic mass is 16.5. The fraction of sp³-hybridized carbons (Fsp3) is 0.108. The van der Waals surface area contributed by atoms with Crippen molar-refractivity contribution in [3.8, 4) is 61.8 Å². The molecule has 17 aromatic rings. The molecule has 0 amide bonds. The van der Waals surface area contributed by atoms with E-state index in [9.17, 15) is 0 Å². The number of rotatable bonds is 15. The Kier molecular flexibility index (Phi) is 22.7. The van der Waals surface area contributed by atoms with Crippen LogP contribution >= 0.6 is 0 Å². The van der Waals surface area contributed by atoms with Gasteiger partial charge in [-0.1, -0.05) is 265 Å². The maximum atomic E-state index is 5.14. The van der Waals surface area contributed by atoms with Crippen molar-refractivity contribution in [2.45, 2.75) is 56.3 Å². The van der Waals surface area contributed by atoms with Crippen molar-refractivity contribution >= 4 is 57.3 Å². The van der Waals surface area contributed by atoms with E-state index < -0.39 is 0 Å². The van der Waals surface area contributed by atoms with E-state index in [0.29, 0.717) is 0 Å². The van der Waals surface area contributed by atoms with Crippen molar-refractivity contribution in [3.63, 3.8) is 0 Å². The molecule has 0 unspecified atom stereocenters. The second kappa shape index (κ2) is 34.9. The summed E-state index contributed by atoms with van der Waals surface area (Å²) in [4.78, 5) is 13.2. The van der Waals surface area contributed by atoms with Crippen LogP contribution in [0.4, 0.5) is 57.3 Å². The zero-order valence-corrected chi connectivity index (χ0v) is 69.7. The second-order valence-corrected chi connectivity index (χ2v) is 32.1. The van der Waals surface area contributed by atoms with Crippen molar-refractivity contribution in [2.75, 3.05) is 47.9 Å². The molecule has 11 nitrogen and oxygen atoms in total. The topological polar surface area (TPSA) is 127 Å². The highest BCUT2D eigenvalue weighted by molar-refractivity contribution is 5.96. The van der Waals surface area contributed by atoms with Gasteiger partial charge in [-0.05, 0) is 269 Å². The molecule has 0 fully saturated rings. The molecule has 598 valence electrons. The van der Waals surface area contributed by atoms with Gasteiger partial charge in [0.15, 0.2) is 0 Å². The number of anilines is 10. The first-order valence-electron chi connectivity index (χ1n) is 41.4. The monoisotopic (exact) mass is 1590 g/mol. The fourth-order valence-corrected chi connectivity index (χ4v) is 17.6. The normalized spacial score (nSPS) is 12.8. The standard InChI is InChI=1S/C30H20N2.C30H22N2.C20H18N2.C17H21NO.C14H15NO2/c1-4-12-25-21(9-1)22-10-2-5-13-26(22)30(25)27-14-6-3-11-23(27)24-17-16-20(19-28(24)30)32-29-15-7-8-18-31-29;1-3-11-22(12-4-1)30(23-13-5-2-6-14-23)27-16-8-7-15-25(27)26-19-18-24(21-28(26)30)32-29-17-9-10-20-31-29;1-20(2)17-8-4-3-7-15(17)16-11-10-14(13-18(16)20)22-19-9-5-6-12-21-19;1-17(2,3)13-5-7-14(8-6-13)18-15-9-11-16(19-4)12-10-15;1-16-13-7-3-11(4-8-13)15-12-5-9-14(17-2)10-6-12/h1-19H,(H,31,32);1-21H,(H,31,32);3-13H,1-2H3,(H,21,22);5-12,18H,1-4H3;3-10,15H,1-2H3. The Labute approximate surface area is 715 Å². The number of nitrogens with zero attached hydrogens (tertiary/aromatic N) is 3. The van der Waals surface area contributed by atoms with E-state index in [2.05, 4.69) is 337 Å². The summed E-state index contributed by atoms with van der Waals surface area (Å²) in [5.41, 5.74) is 32.1. The van der Waals surface area contributed by atoms with Crippen LogP contribution in [0.2, 0.25) is 0 Å². The van der Waals surface area contributed by atoms with Crippen LogP contribution in [-0.4, -0.2) is 36.3 Å². The molecule has 0 saturated carbocycles. The summed E-state index contributed by atoms with van der Waals surface area (Å²) in [5.74, 6) is 5.14. The summed E-state index contributed by atoms with van der Waals surface area (Å²) >= 11 is 0. The lowest BCUT2D eigenvalue weighted by molar-refractivity contribution is 0.414. The zero-order chi connectivity index (χ0) is 83.6. The molecule has 0 radical (unpaired) electrons. The first-order valence-corrected chi connectivity index (χ1v) is 41.4. The number of methoxy groups -OCH3 is 3. The van der Waals surface area contributed by atoms with Gasteiger partial charge < -0.3 is 40.8 Å². The highest BCUT2D eigenvalue weighted by Crippen LogP contribution is 2.63. The Morgan fingerprint density at radius 2 is 0.492 bits per heavy atom. The molecule has 14 aromatic carbocycles. The van der Waals surface area contributed by atoms with Crippen LogP contribution in [0.1, 0.15) is 95.8 Å². The van der Waals surface area contributed by atoms with Gasteiger partial charge in [-0.15, -0.1) is 0 Å². The van der Waals surface area contributed by atoms with E-state index >= 15 is 0 Å². The van der Waals surface area contributed by atoms with Crippen molar-refractivity contribution in [3.05, 3.63) is 468 Å². The van der Waals surface area contributed by atoms with Crippen molar-refractivity contribution in [1.82, 2.24) is 15.0 Å². The average Bonchev–Trinajstić information content (AvgIpc) is 1.50. The fourth-order valence-electron chi connectivity index (χ4n) is 17.6. The minimum absolute atomic E-state index is 0.0354. The number of hydrogen-bond donors (Lipinski definition) is 5. The number of benzene rings is 14. The molecule has 21 rings (SSSR count). The van der Waals surface area contributed by atoms with Gasteiger partial charge in [-0.2, -0.15) is 0 Å². The molecule has 5 N–H and O–H groups in total. The number of fused-ring (bicyclic) bond motifs is 16. The molecule has 0 bridgehead atoms. The molecule has 0 saturated heterocycles. The molecule has 3 heterocycles. The molecule has 0 atom stereocenters. The quantitative estimate of drug-likeness (QED) is 0.0673. The Bertz CT molecular complexity index is 6170. The molecule has 0 aliphatic heterocycles. The summed E-state index contributed by atoms with van der Waals surface area (Å²) in [7, 11) is 4.99. The van der Waals surface area contributed by atoms with Crippen molar-refractivity contribution in [1.29, 1.82) is 0 Å². The van der Waals surface area contributed by atoms with Gasteiger partial charge in [0.25, 0.3) is 0 Å². The van der Waals surface area contributed by atoms with E-state index in [1.807, 2.05) is 140 Å². The van der Waals surface area contributed by atoms with Crippen LogP contribution in [0.15, 0.2) is 407 Å². The highest BCUT2D eigenvalue weighted by Gasteiger charge is 2.52. The summed E-state index contributed by atoms with van der Waals surface area (Å²) < 4.78 is 15.4. The maximum Gasteiger partial charge on any atom is 0.130 e. The van der Waals surface area contributed by atoms with Crippen molar-refractivity contribution < 1.29 is 14.2 Å². The Hall–Kier alpha value is -15.1. The molecular weight excluding hydrogens is 1490 g/mol. The smallest absolute Gasteiger partial charge is 0.130 e. The van der Waals surface area contributed by atoms with Gasteiger partial charge in [0, 0.05) is 63.8 Å². The van der Waals surface area contributed by atoms with E-state index in [1.54, 1.807) is 27.5 Å². The van der Waals surface area contributed by atoms with Crippen LogP contribution in [-0.2, 0) is 21.7 Å². The lowest BCUT2D eigenvalue weighted by Gasteiger charge is -2.34. The first kappa shape index (κ1) is 79.4. The van der Waals surface area contributed by atoms with Gasteiger partial charge in [0.1, 0.15) is 34.7 Å².